The van der Waals surface area contributed by atoms with Gasteiger partial charge in [0.1, 0.15) is 17.3 Å². The molecule has 0 bridgehead atoms. The molecule has 1 saturated heterocycles. The maximum atomic E-state index is 14.4. The summed E-state index contributed by atoms with van der Waals surface area (Å²) in [5.74, 6) is -1.13. The van der Waals surface area contributed by atoms with Crippen LogP contribution in [0.3, 0.4) is 0 Å². The van der Waals surface area contributed by atoms with E-state index in [-0.39, 0.29) is 18.0 Å². The highest BCUT2D eigenvalue weighted by atomic mass is 19.1. The molecule has 1 aromatic carbocycles. The molecule has 4 rings (SSSR count). The molecule has 0 radical (unpaired) electrons. The molecule has 1 aromatic heterocycles. The standard InChI is InChI=1S/C23H29F2N3O/c1-3-26-11-13-27(14-12-26)23(29)22-16(2)17-7-4-5-10-21(17)28(22)15-18-19(24)8-6-9-20(18)25/h6,8-9H,3-5,7,10-15H2,1-2H3. The molecule has 4 nitrogen and oxygen atoms in total. The average molecular weight is 402 g/mol. The lowest BCUT2D eigenvalue weighted by atomic mass is 9.95. The van der Waals surface area contributed by atoms with Gasteiger partial charge in [-0.3, -0.25) is 4.79 Å². The van der Waals surface area contributed by atoms with Gasteiger partial charge in [0.05, 0.1) is 6.54 Å². The Morgan fingerprint density at radius 3 is 2.34 bits per heavy atom. The maximum Gasteiger partial charge on any atom is 0.270 e. The molecule has 6 heteroatoms. The van der Waals surface area contributed by atoms with Gasteiger partial charge >= 0.3 is 0 Å². The van der Waals surface area contributed by atoms with E-state index in [2.05, 4.69) is 11.8 Å². The SMILES string of the molecule is CCN1CCN(C(=O)c2c(C)c3c(n2Cc2c(F)cccc2F)CCCC3)CC1. The second-order valence-electron chi connectivity index (χ2n) is 8.12. The van der Waals surface area contributed by atoms with Crippen molar-refractivity contribution in [1.29, 1.82) is 0 Å². The molecule has 2 aliphatic rings. The lowest BCUT2D eigenvalue weighted by Crippen LogP contribution is -2.49. The summed E-state index contributed by atoms with van der Waals surface area (Å²) in [6.45, 7) is 8.28. The Morgan fingerprint density at radius 2 is 1.69 bits per heavy atom. The van der Waals surface area contributed by atoms with Gasteiger partial charge in [-0.05, 0) is 62.4 Å². The summed E-state index contributed by atoms with van der Waals surface area (Å²) in [5, 5.41) is 0. The Hall–Kier alpha value is -2.21. The van der Waals surface area contributed by atoms with Crippen molar-refractivity contribution in [3.05, 3.63) is 57.9 Å². The Kier molecular flexibility index (Phi) is 5.72. The van der Waals surface area contributed by atoms with E-state index in [9.17, 15) is 13.6 Å². The Labute approximate surface area is 171 Å². The van der Waals surface area contributed by atoms with Gasteiger partial charge in [0.25, 0.3) is 5.91 Å². The molecule has 29 heavy (non-hydrogen) atoms. The van der Waals surface area contributed by atoms with Gasteiger partial charge in [-0.25, -0.2) is 8.78 Å². The summed E-state index contributed by atoms with van der Waals surface area (Å²) in [6.07, 6.45) is 3.91. The van der Waals surface area contributed by atoms with Crippen LogP contribution in [-0.4, -0.2) is 53.0 Å². The molecule has 0 spiro atoms. The number of piperazine rings is 1. The third kappa shape index (κ3) is 3.70. The van der Waals surface area contributed by atoms with Crippen LogP contribution in [0.5, 0.6) is 0 Å². The zero-order valence-electron chi connectivity index (χ0n) is 17.3. The molecule has 1 aliphatic heterocycles. The number of halogens is 2. The van der Waals surface area contributed by atoms with Crippen LogP contribution in [0.15, 0.2) is 18.2 Å². The van der Waals surface area contributed by atoms with Crippen molar-refractivity contribution in [2.75, 3.05) is 32.7 Å². The molecule has 1 fully saturated rings. The van der Waals surface area contributed by atoms with Gasteiger partial charge in [-0.2, -0.15) is 0 Å². The molecule has 0 N–H and O–H groups in total. The Balaban J connectivity index is 1.73. The van der Waals surface area contributed by atoms with Crippen LogP contribution in [-0.2, 0) is 19.4 Å². The largest absolute Gasteiger partial charge is 0.335 e. The van der Waals surface area contributed by atoms with Gasteiger partial charge in [0.15, 0.2) is 0 Å². The normalized spacial score (nSPS) is 17.4. The molecule has 1 amide bonds. The van der Waals surface area contributed by atoms with E-state index in [0.29, 0.717) is 18.8 Å². The van der Waals surface area contributed by atoms with Gasteiger partial charge in [0, 0.05) is 37.4 Å². The van der Waals surface area contributed by atoms with Crippen LogP contribution in [0.4, 0.5) is 8.78 Å². The number of benzene rings is 1. The number of amides is 1. The predicted octanol–water partition coefficient (Wildman–Crippen LogP) is 3.78. The topological polar surface area (TPSA) is 28.5 Å². The number of carbonyl (C=O) groups is 1. The second-order valence-corrected chi connectivity index (χ2v) is 8.12. The van der Waals surface area contributed by atoms with Crippen molar-refractivity contribution < 1.29 is 13.6 Å². The van der Waals surface area contributed by atoms with E-state index in [0.717, 1.165) is 56.6 Å². The number of carbonyl (C=O) groups excluding carboxylic acids is 1. The maximum absolute atomic E-state index is 14.4. The first kappa shape index (κ1) is 20.1. The smallest absolute Gasteiger partial charge is 0.270 e. The van der Waals surface area contributed by atoms with Crippen LogP contribution in [0.2, 0.25) is 0 Å². The predicted molar refractivity (Wildman–Crippen MR) is 109 cm³/mol. The van der Waals surface area contributed by atoms with Crippen molar-refractivity contribution in [2.24, 2.45) is 0 Å². The monoisotopic (exact) mass is 401 g/mol. The third-order valence-corrected chi connectivity index (χ3v) is 6.53. The average Bonchev–Trinajstić information content (AvgIpc) is 3.02. The number of rotatable bonds is 4. The quantitative estimate of drug-likeness (QED) is 0.780. The van der Waals surface area contributed by atoms with E-state index in [1.807, 2.05) is 16.4 Å². The van der Waals surface area contributed by atoms with Crippen LogP contribution >= 0.6 is 0 Å². The van der Waals surface area contributed by atoms with E-state index < -0.39 is 11.6 Å². The fourth-order valence-corrected chi connectivity index (χ4v) is 4.78. The highest BCUT2D eigenvalue weighted by Gasteiger charge is 2.31. The first-order valence-corrected chi connectivity index (χ1v) is 10.7. The van der Waals surface area contributed by atoms with Crippen molar-refractivity contribution in [1.82, 2.24) is 14.4 Å². The minimum atomic E-state index is -0.559. The van der Waals surface area contributed by atoms with Crippen molar-refractivity contribution in [2.45, 2.75) is 46.1 Å². The number of nitrogens with zero attached hydrogens (tertiary/aromatic N) is 3. The fourth-order valence-electron chi connectivity index (χ4n) is 4.78. The van der Waals surface area contributed by atoms with Gasteiger partial charge < -0.3 is 14.4 Å². The van der Waals surface area contributed by atoms with E-state index in [4.69, 9.17) is 0 Å². The molecule has 156 valence electrons. The van der Waals surface area contributed by atoms with Crippen LogP contribution in [0, 0.1) is 18.6 Å². The third-order valence-electron chi connectivity index (χ3n) is 6.53. The van der Waals surface area contributed by atoms with Crippen molar-refractivity contribution in [3.63, 3.8) is 0 Å². The molecule has 0 atom stereocenters. The molecule has 0 unspecified atom stereocenters. The molecular weight excluding hydrogens is 372 g/mol. The number of fused-ring (bicyclic) bond motifs is 1. The minimum Gasteiger partial charge on any atom is -0.335 e. The van der Waals surface area contributed by atoms with Crippen LogP contribution < -0.4 is 0 Å². The fraction of sp³-hybridized carbons (Fsp3) is 0.522. The van der Waals surface area contributed by atoms with E-state index >= 15 is 0 Å². The lowest BCUT2D eigenvalue weighted by molar-refractivity contribution is 0.0632. The summed E-state index contributed by atoms with van der Waals surface area (Å²) in [6, 6.07) is 3.95. The second kappa shape index (κ2) is 8.27. The van der Waals surface area contributed by atoms with Crippen molar-refractivity contribution >= 4 is 5.91 Å². The summed E-state index contributed by atoms with van der Waals surface area (Å²) >= 11 is 0. The summed E-state index contributed by atoms with van der Waals surface area (Å²) in [4.78, 5) is 17.7. The van der Waals surface area contributed by atoms with E-state index in [1.165, 1.54) is 23.8 Å². The van der Waals surface area contributed by atoms with E-state index in [1.54, 1.807) is 0 Å². The first-order chi connectivity index (χ1) is 14.0. The summed E-state index contributed by atoms with van der Waals surface area (Å²) in [5.41, 5.74) is 3.90. The summed E-state index contributed by atoms with van der Waals surface area (Å²) < 4.78 is 30.7. The Bertz CT molecular complexity index is 893. The number of hydrogen-bond donors (Lipinski definition) is 0. The first-order valence-electron chi connectivity index (χ1n) is 10.7. The number of aromatic nitrogens is 1. The zero-order chi connectivity index (χ0) is 20.5. The molecule has 2 heterocycles. The molecule has 2 aromatic rings. The molecule has 0 saturated carbocycles. The van der Waals surface area contributed by atoms with Gasteiger partial charge in [-0.15, -0.1) is 0 Å². The highest BCUT2D eigenvalue weighted by Crippen LogP contribution is 2.32. The van der Waals surface area contributed by atoms with Crippen LogP contribution in [0.25, 0.3) is 0 Å². The number of likely N-dealkylation sites (N-methyl/N-ethyl adjacent to an activating group) is 1. The minimum absolute atomic E-state index is 0.00981. The molecule has 1 aliphatic carbocycles. The van der Waals surface area contributed by atoms with Crippen LogP contribution in [0.1, 0.15) is 52.6 Å². The highest BCUT2D eigenvalue weighted by molar-refractivity contribution is 5.95. The number of hydrogen-bond acceptors (Lipinski definition) is 2. The van der Waals surface area contributed by atoms with Gasteiger partial charge in [0.2, 0.25) is 0 Å². The Morgan fingerprint density at radius 1 is 1.03 bits per heavy atom. The van der Waals surface area contributed by atoms with Crippen molar-refractivity contribution in [3.8, 4) is 0 Å². The summed E-state index contributed by atoms with van der Waals surface area (Å²) in [7, 11) is 0. The lowest BCUT2D eigenvalue weighted by Gasteiger charge is -2.34. The zero-order valence-corrected chi connectivity index (χ0v) is 17.3. The molecular formula is C23H29F2N3O. The van der Waals surface area contributed by atoms with Gasteiger partial charge in [-0.1, -0.05) is 13.0 Å².